The Balaban J connectivity index is 0.00000484. The van der Waals surface area contributed by atoms with Gasteiger partial charge in [-0.05, 0) is 44.9 Å². The summed E-state index contributed by atoms with van der Waals surface area (Å²) in [6, 6.07) is 7.76. The van der Waals surface area contributed by atoms with Gasteiger partial charge in [0.1, 0.15) is 0 Å². The summed E-state index contributed by atoms with van der Waals surface area (Å²) in [6.45, 7) is 6.74. The van der Waals surface area contributed by atoms with Crippen LogP contribution in [0.3, 0.4) is 0 Å². The van der Waals surface area contributed by atoms with E-state index in [0.717, 1.165) is 17.0 Å². The summed E-state index contributed by atoms with van der Waals surface area (Å²) in [5, 5.41) is 9.78. The van der Waals surface area contributed by atoms with Crippen molar-refractivity contribution in [3.05, 3.63) is 34.9 Å². The third kappa shape index (κ3) is 10.4. The number of rotatable bonds is 5. The van der Waals surface area contributed by atoms with Crippen LogP contribution < -0.4 is 16.0 Å². The second-order valence-electron chi connectivity index (χ2n) is 6.03. The Bertz CT molecular complexity index is 529. The zero-order valence-corrected chi connectivity index (χ0v) is 17.2. The Kier molecular flexibility index (Phi) is 10.2. The average Bonchev–Trinajstić information content (AvgIpc) is 2.40. The quantitative estimate of drug-likeness (QED) is 0.365. The molecule has 3 N–H and O–H groups in total. The molecule has 7 heteroatoms. The highest BCUT2D eigenvalue weighted by Gasteiger charge is 2.13. The SMILES string of the molecule is CN=C(NCCc1cccc(Cl)c1)NCC(=O)NC(C)(C)C.I. The maximum Gasteiger partial charge on any atom is 0.239 e. The summed E-state index contributed by atoms with van der Waals surface area (Å²) < 4.78 is 0. The Hall–Kier alpha value is -1.02. The van der Waals surface area contributed by atoms with Crippen LogP contribution in [0.25, 0.3) is 0 Å². The van der Waals surface area contributed by atoms with Crippen molar-refractivity contribution in [2.45, 2.75) is 32.7 Å². The lowest BCUT2D eigenvalue weighted by atomic mass is 10.1. The predicted molar refractivity (Wildman–Crippen MR) is 108 cm³/mol. The van der Waals surface area contributed by atoms with E-state index in [1.54, 1.807) is 7.05 Å². The van der Waals surface area contributed by atoms with Gasteiger partial charge in [0.2, 0.25) is 5.91 Å². The average molecular weight is 453 g/mol. The van der Waals surface area contributed by atoms with Gasteiger partial charge in [-0.3, -0.25) is 9.79 Å². The molecule has 0 spiro atoms. The highest BCUT2D eigenvalue weighted by atomic mass is 127. The molecule has 1 aromatic carbocycles. The number of guanidine groups is 1. The first-order valence-corrected chi connectivity index (χ1v) is 7.68. The van der Waals surface area contributed by atoms with Gasteiger partial charge in [-0.2, -0.15) is 0 Å². The van der Waals surface area contributed by atoms with Gasteiger partial charge in [0.25, 0.3) is 0 Å². The van der Waals surface area contributed by atoms with Crippen LogP contribution in [-0.2, 0) is 11.2 Å². The van der Waals surface area contributed by atoms with Crippen LogP contribution in [0.1, 0.15) is 26.3 Å². The number of halogens is 2. The topological polar surface area (TPSA) is 65.5 Å². The molecule has 1 amide bonds. The first kappa shape index (κ1) is 22.0. The van der Waals surface area contributed by atoms with E-state index in [2.05, 4.69) is 20.9 Å². The van der Waals surface area contributed by atoms with Crippen molar-refractivity contribution in [2.24, 2.45) is 4.99 Å². The molecule has 5 nitrogen and oxygen atoms in total. The lowest BCUT2D eigenvalue weighted by Gasteiger charge is -2.21. The van der Waals surface area contributed by atoms with Gasteiger partial charge in [0, 0.05) is 24.2 Å². The molecule has 0 aromatic heterocycles. The third-order valence-corrected chi connectivity index (χ3v) is 2.98. The number of hydrogen-bond acceptors (Lipinski definition) is 2. The Morgan fingerprint density at radius 2 is 1.96 bits per heavy atom. The van der Waals surface area contributed by atoms with Gasteiger partial charge >= 0.3 is 0 Å². The summed E-state index contributed by atoms with van der Waals surface area (Å²) in [4.78, 5) is 15.8. The maximum atomic E-state index is 11.7. The van der Waals surface area contributed by atoms with Crippen molar-refractivity contribution in [3.63, 3.8) is 0 Å². The van der Waals surface area contributed by atoms with Crippen LogP contribution in [0.2, 0.25) is 5.02 Å². The molecule has 0 aliphatic rings. The lowest BCUT2D eigenvalue weighted by molar-refractivity contribution is -0.121. The Morgan fingerprint density at radius 3 is 2.52 bits per heavy atom. The number of carbonyl (C=O) groups is 1. The zero-order chi connectivity index (χ0) is 16.6. The standard InChI is InChI=1S/C16H25ClN4O.HI/c1-16(2,3)21-14(22)11-20-15(18-4)19-9-8-12-6-5-7-13(17)10-12;/h5-7,10H,8-9,11H2,1-4H3,(H,21,22)(H2,18,19,20);1H. The van der Waals surface area contributed by atoms with E-state index in [1.165, 1.54) is 0 Å². The molecule has 1 rings (SSSR count). The Labute approximate surface area is 160 Å². The normalized spacial score (nSPS) is 11.4. The van der Waals surface area contributed by atoms with Crippen LogP contribution in [-0.4, -0.2) is 37.5 Å². The lowest BCUT2D eigenvalue weighted by Crippen LogP contribution is -2.48. The molecular weight excluding hydrogens is 427 g/mol. The minimum Gasteiger partial charge on any atom is -0.356 e. The van der Waals surface area contributed by atoms with Crippen LogP contribution in [0.15, 0.2) is 29.3 Å². The number of carbonyl (C=O) groups excluding carboxylic acids is 1. The molecule has 0 fully saturated rings. The largest absolute Gasteiger partial charge is 0.356 e. The van der Waals surface area contributed by atoms with Crippen molar-refractivity contribution >= 4 is 47.4 Å². The van der Waals surface area contributed by atoms with E-state index in [1.807, 2.05) is 45.0 Å². The fraction of sp³-hybridized carbons (Fsp3) is 0.500. The molecule has 1 aromatic rings. The van der Waals surface area contributed by atoms with Gasteiger partial charge in [-0.25, -0.2) is 0 Å². The van der Waals surface area contributed by atoms with E-state index >= 15 is 0 Å². The summed E-state index contributed by atoms with van der Waals surface area (Å²) in [5.41, 5.74) is 0.920. The van der Waals surface area contributed by atoms with E-state index in [-0.39, 0.29) is 42.0 Å². The summed E-state index contributed by atoms with van der Waals surface area (Å²) >= 11 is 5.95. The number of amides is 1. The molecule has 0 radical (unpaired) electrons. The first-order chi connectivity index (χ1) is 10.3. The molecule has 0 heterocycles. The van der Waals surface area contributed by atoms with Crippen molar-refractivity contribution < 1.29 is 4.79 Å². The number of aliphatic imine (C=N–C) groups is 1. The molecule has 0 saturated heterocycles. The van der Waals surface area contributed by atoms with Crippen LogP contribution in [0, 0.1) is 0 Å². The fourth-order valence-electron chi connectivity index (χ4n) is 1.86. The first-order valence-electron chi connectivity index (χ1n) is 7.30. The number of hydrogen-bond donors (Lipinski definition) is 3. The van der Waals surface area contributed by atoms with Gasteiger partial charge in [0.15, 0.2) is 5.96 Å². The van der Waals surface area contributed by atoms with Crippen LogP contribution in [0.4, 0.5) is 0 Å². The molecular formula is C16H26ClIN4O. The van der Waals surface area contributed by atoms with Crippen molar-refractivity contribution in [3.8, 4) is 0 Å². The minimum absolute atomic E-state index is 0. The maximum absolute atomic E-state index is 11.7. The van der Waals surface area contributed by atoms with E-state index < -0.39 is 0 Å². The molecule has 0 aliphatic carbocycles. The highest BCUT2D eigenvalue weighted by molar-refractivity contribution is 14.0. The van der Waals surface area contributed by atoms with Crippen LogP contribution >= 0.6 is 35.6 Å². The predicted octanol–water partition coefficient (Wildman–Crippen LogP) is 2.58. The number of benzene rings is 1. The van der Waals surface area contributed by atoms with Gasteiger partial charge < -0.3 is 16.0 Å². The van der Waals surface area contributed by atoms with Gasteiger partial charge in [-0.15, -0.1) is 24.0 Å². The molecule has 130 valence electrons. The molecule has 23 heavy (non-hydrogen) atoms. The second-order valence-corrected chi connectivity index (χ2v) is 6.47. The van der Waals surface area contributed by atoms with Gasteiger partial charge in [0.05, 0.1) is 6.54 Å². The molecule has 0 bridgehead atoms. The number of nitrogens with one attached hydrogen (secondary N) is 3. The van der Waals surface area contributed by atoms with Crippen molar-refractivity contribution in [1.29, 1.82) is 0 Å². The summed E-state index contributed by atoms with van der Waals surface area (Å²) in [7, 11) is 1.68. The summed E-state index contributed by atoms with van der Waals surface area (Å²) in [5.74, 6) is 0.538. The zero-order valence-electron chi connectivity index (χ0n) is 14.1. The fourth-order valence-corrected chi connectivity index (χ4v) is 2.08. The molecule has 0 aliphatic heterocycles. The highest BCUT2D eigenvalue weighted by Crippen LogP contribution is 2.10. The molecule has 0 unspecified atom stereocenters. The third-order valence-electron chi connectivity index (χ3n) is 2.75. The molecule has 0 atom stereocenters. The molecule has 0 saturated carbocycles. The van der Waals surface area contributed by atoms with Crippen molar-refractivity contribution in [1.82, 2.24) is 16.0 Å². The Morgan fingerprint density at radius 1 is 1.26 bits per heavy atom. The second kappa shape index (κ2) is 10.7. The summed E-state index contributed by atoms with van der Waals surface area (Å²) in [6.07, 6.45) is 0.829. The van der Waals surface area contributed by atoms with Crippen LogP contribution in [0.5, 0.6) is 0 Å². The monoisotopic (exact) mass is 452 g/mol. The van der Waals surface area contributed by atoms with E-state index in [9.17, 15) is 4.79 Å². The minimum atomic E-state index is -0.234. The van der Waals surface area contributed by atoms with Crippen molar-refractivity contribution in [2.75, 3.05) is 20.1 Å². The van der Waals surface area contributed by atoms with E-state index in [0.29, 0.717) is 12.5 Å². The number of nitrogens with zero attached hydrogens (tertiary/aromatic N) is 1. The van der Waals surface area contributed by atoms with E-state index in [4.69, 9.17) is 11.6 Å². The van der Waals surface area contributed by atoms with Gasteiger partial charge in [-0.1, -0.05) is 23.7 Å². The smallest absolute Gasteiger partial charge is 0.239 e.